The van der Waals surface area contributed by atoms with E-state index in [0.717, 1.165) is 10.5 Å². The van der Waals surface area contributed by atoms with Crippen molar-refractivity contribution in [2.75, 3.05) is 4.90 Å². The van der Waals surface area contributed by atoms with Crippen LogP contribution in [0, 0.1) is 28.6 Å². The predicted octanol–water partition coefficient (Wildman–Crippen LogP) is 2.79. The Morgan fingerprint density at radius 1 is 0.968 bits per heavy atom. The highest BCUT2D eigenvalue weighted by Gasteiger charge is 2.41. The average molecular weight is 407 g/mol. The summed E-state index contributed by atoms with van der Waals surface area (Å²) in [5, 5.41) is 23.3. The molecule has 5 rings (SSSR count). The summed E-state index contributed by atoms with van der Waals surface area (Å²) < 4.78 is 1.46. The number of imide groups is 1. The van der Waals surface area contributed by atoms with Gasteiger partial charge in [-0.3, -0.25) is 9.59 Å². The first-order valence-corrected chi connectivity index (χ1v) is 9.42. The Hall–Kier alpha value is -4.63. The van der Waals surface area contributed by atoms with Crippen molar-refractivity contribution in [3.05, 3.63) is 70.8 Å². The SMILES string of the molecule is CC1=Nc2nc(N3C(=O)c4ccccc4C3=O)nn2C(c2ccc(C#N)cc2)C1C#N. The first kappa shape index (κ1) is 18.4. The summed E-state index contributed by atoms with van der Waals surface area (Å²) in [6, 6.07) is 17.1. The average Bonchev–Trinajstić information content (AvgIpc) is 3.31. The summed E-state index contributed by atoms with van der Waals surface area (Å²) in [5.41, 5.74) is 2.35. The first-order valence-electron chi connectivity index (χ1n) is 9.42. The number of hydrogen-bond acceptors (Lipinski definition) is 7. The zero-order chi connectivity index (χ0) is 21.7. The second-order valence-corrected chi connectivity index (χ2v) is 7.19. The van der Waals surface area contributed by atoms with Crippen LogP contribution in [0.5, 0.6) is 0 Å². The molecule has 1 aromatic heterocycles. The Kier molecular flexibility index (Phi) is 3.99. The molecule has 0 spiro atoms. The lowest BCUT2D eigenvalue weighted by Crippen LogP contribution is -2.31. The number of hydrogen-bond donors (Lipinski definition) is 0. The van der Waals surface area contributed by atoms with Crippen molar-refractivity contribution in [3.63, 3.8) is 0 Å². The molecule has 3 aromatic rings. The van der Waals surface area contributed by atoms with Gasteiger partial charge in [-0.1, -0.05) is 24.3 Å². The van der Waals surface area contributed by atoms with Crippen LogP contribution in [0.25, 0.3) is 0 Å². The molecule has 0 bridgehead atoms. The number of amides is 2. The molecule has 0 fully saturated rings. The zero-order valence-electron chi connectivity index (χ0n) is 16.2. The number of benzene rings is 2. The number of anilines is 1. The number of aliphatic imine (C=N–C) groups is 1. The van der Waals surface area contributed by atoms with Gasteiger partial charge in [0.2, 0.25) is 5.95 Å². The van der Waals surface area contributed by atoms with Crippen molar-refractivity contribution in [1.82, 2.24) is 14.8 Å². The van der Waals surface area contributed by atoms with E-state index >= 15 is 0 Å². The third kappa shape index (κ3) is 2.65. The molecular formula is C22H13N7O2. The molecule has 148 valence electrons. The molecule has 2 atom stereocenters. The van der Waals surface area contributed by atoms with Gasteiger partial charge in [0.1, 0.15) is 12.0 Å². The van der Waals surface area contributed by atoms with Crippen LogP contribution in [0.15, 0.2) is 53.5 Å². The molecule has 9 heteroatoms. The maximum absolute atomic E-state index is 12.8. The number of carbonyl (C=O) groups excluding carboxylic acids is 2. The highest BCUT2D eigenvalue weighted by atomic mass is 16.2. The van der Waals surface area contributed by atoms with Crippen molar-refractivity contribution in [2.24, 2.45) is 10.9 Å². The van der Waals surface area contributed by atoms with Gasteiger partial charge < -0.3 is 0 Å². The summed E-state index contributed by atoms with van der Waals surface area (Å²) in [6.07, 6.45) is 0. The van der Waals surface area contributed by atoms with E-state index in [4.69, 9.17) is 5.26 Å². The van der Waals surface area contributed by atoms with Gasteiger partial charge in [0.15, 0.2) is 0 Å². The number of nitriles is 2. The van der Waals surface area contributed by atoms with E-state index in [-0.39, 0.29) is 11.9 Å². The zero-order valence-corrected chi connectivity index (χ0v) is 16.2. The molecule has 2 unspecified atom stereocenters. The lowest BCUT2D eigenvalue weighted by atomic mass is 9.89. The molecule has 2 aromatic carbocycles. The van der Waals surface area contributed by atoms with Crippen LogP contribution >= 0.6 is 0 Å². The van der Waals surface area contributed by atoms with Crippen molar-refractivity contribution in [1.29, 1.82) is 10.5 Å². The summed E-state index contributed by atoms with van der Waals surface area (Å²) in [5.74, 6) is -1.52. The summed E-state index contributed by atoms with van der Waals surface area (Å²) in [7, 11) is 0. The third-order valence-corrected chi connectivity index (χ3v) is 5.42. The summed E-state index contributed by atoms with van der Waals surface area (Å²) in [6.45, 7) is 1.73. The maximum atomic E-state index is 12.8. The van der Waals surface area contributed by atoms with Crippen LogP contribution in [0.4, 0.5) is 11.9 Å². The second kappa shape index (κ2) is 6.71. The normalized spacial score (nSPS) is 19.3. The number of nitrogens with zero attached hydrogens (tertiary/aromatic N) is 7. The fourth-order valence-corrected chi connectivity index (χ4v) is 3.88. The van der Waals surface area contributed by atoms with Gasteiger partial charge in [-0.15, -0.1) is 5.10 Å². The second-order valence-electron chi connectivity index (χ2n) is 7.19. The van der Waals surface area contributed by atoms with E-state index in [9.17, 15) is 14.9 Å². The van der Waals surface area contributed by atoms with Crippen LogP contribution in [-0.2, 0) is 0 Å². The first-order chi connectivity index (χ1) is 15.0. The minimum absolute atomic E-state index is 0.0880. The Bertz CT molecular complexity index is 1340. The maximum Gasteiger partial charge on any atom is 0.268 e. The van der Waals surface area contributed by atoms with Gasteiger partial charge in [0.05, 0.1) is 28.8 Å². The van der Waals surface area contributed by atoms with Gasteiger partial charge in [-0.05, 0) is 36.8 Å². The van der Waals surface area contributed by atoms with E-state index in [2.05, 4.69) is 27.2 Å². The van der Waals surface area contributed by atoms with E-state index < -0.39 is 23.8 Å². The predicted molar refractivity (Wildman–Crippen MR) is 109 cm³/mol. The highest BCUT2D eigenvalue weighted by molar-refractivity contribution is 6.33. The monoisotopic (exact) mass is 407 g/mol. The Labute approximate surface area is 176 Å². The van der Waals surface area contributed by atoms with E-state index in [0.29, 0.717) is 22.4 Å². The van der Waals surface area contributed by atoms with Crippen LogP contribution < -0.4 is 4.90 Å². The number of carbonyl (C=O) groups is 2. The molecule has 0 saturated heterocycles. The molecule has 9 nitrogen and oxygen atoms in total. The number of aromatic nitrogens is 3. The molecule has 3 heterocycles. The van der Waals surface area contributed by atoms with Gasteiger partial charge in [0, 0.05) is 5.71 Å². The summed E-state index contributed by atoms with van der Waals surface area (Å²) >= 11 is 0. The van der Waals surface area contributed by atoms with E-state index in [1.807, 2.05) is 0 Å². The minimum atomic E-state index is -0.628. The van der Waals surface area contributed by atoms with Gasteiger partial charge in [-0.2, -0.15) is 15.5 Å². The molecule has 0 saturated carbocycles. The Balaban J connectivity index is 1.62. The Morgan fingerprint density at radius 2 is 1.61 bits per heavy atom. The smallest absolute Gasteiger partial charge is 0.268 e. The molecule has 2 aliphatic rings. The molecule has 31 heavy (non-hydrogen) atoms. The van der Waals surface area contributed by atoms with Crippen LogP contribution in [0.1, 0.15) is 44.8 Å². The van der Waals surface area contributed by atoms with Crippen LogP contribution in [-0.4, -0.2) is 32.3 Å². The number of fused-ring (bicyclic) bond motifs is 2. The molecule has 2 aliphatic heterocycles. The largest absolute Gasteiger partial charge is 0.268 e. The van der Waals surface area contributed by atoms with Crippen LogP contribution in [0.2, 0.25) is 0 Å². The molecule has 0 radical (unpaired) electrons. The fraction of sp³-hybridized carbons (Fsp3) is 0.136. The van der Waals surface area contributed by atoms with Crippen molar-refractivity contribution >= 4 is 29.4 Å². The van der Waals surface area contributed by atoms with Gasteiger partial charge in [0.25, 0.3) is 17.8 Å². The molecule has 0 aliphatic carbocycles. The highest BCUT2D eigenvalue weighted by Crippen LogP contribution is 2.37. The Morgan fingerprint density at radius 3 is 2.19 bits per heavy atom. The van der Waals surface area contributed by atoms with Crippen LogP contribution in [0.3, 0.4) is 0 Å². The lowest BCUT2D eigenvalue weighted by molar-refractivity contribution is 0.0923. The topological polar surface area (TPSA) is 128 Å². The molecular weight excluding hydrogens is 394 g/mol. The van der Waals surface area contributed by atoms with E-state index in [1.165, 1.54) is 4.68 Å². The fourth-order valence-electron chi connectivity index (χ4n) is 3.88. The minimum Gasteiger partial charge on any atom is -0.268 e. The van der Waals surface area contributed by atoms with Gasteiger partial charge in [-0.25, -0.2) is 14.6 Å². The number of rotatable bonds is 2. The molecule has 2 amide bonds. The summed E-state index contributed by atoms with van der Waals surface area (Å²) in [4.78, 5) is 35.3. The van der Waals surface area contributed by atoms with Crippen molar-refractivity contribution in [2.45, 2.75) is 13.0 Å². The van der Waals surface area contributed by atoms with Crippen molar-refractivity contribution < 1.29 is 9.59 Å². The van der Waals surface area contributed by atoms with Crippen molar-refractivity contribution in [3.8, 4) is 12.1 Å². The third-order valence-electron chi connectivity index (χ3n) is 5.42. The van der Waals surface area contributed by atoms with E-state index in [1.54, 1.807) is 55.5 Å². The lowest BCUT2D eigenvalue weighted by Gasteiger charge is -2.26. The van der Waals surface area contributed by atoms with Gasteiger partial charge >= 0.3 is 0 Å². The quantitative estimate of drug-likeness (QED) is 0.601. The molecule has 0 N–H and O–H groups in total. The standard InChI is InChI=1S/C22H13N7O2/c1-12-17(11-24)18(14-8-6-13(10-23)7-9-14)29-21(25-12)26-22(27-29)28-19(30)15-4-2-3-5-16(15)20(28)31/h2-9,17-18H,1H3.